The van der Waals surface area contributed by atoms with Crippen LogP contribution in [0.25, 0.3) is 11.4 Å². The normalized spacial score (nSPS) is 13.0. The van der Waals surface area contributed by atoms with Crippen LogP contribution in [0.1, 0.15) is 10.9 Å². The van der Waals surface area contributed by atoms with Crippen LogP contribution in [0.4, 0.5) is 5.69 Å². The van der Waals surface area contributed by atoms with Crippen LogP contribution < -0.4 is 0 Å². The summed E-state index contributed by atoms with van der Waals surface area (Å²) in [5.74, 6) is 0.336. The van der Waals surface area contributed by atoms with Crippen LogP contribution in [0.5, 0.6) is 0 Å². The summed E-state index contributed by atoms with van der Waals surface area (Å²) < 4.78 is 15.5. The molecule has 1 heterocycles. The third-order valence-corrected chi connectivity index (χ3v) is 7.75. The average molecular weight is 361 g/mol. The van der Waals surface area contributed by atoms with Crippen molar-refractivity contribution in [3.8, 4) is 11.4 Å². The Balaban J connectivity index is 2.34. The van der Waals surface area contributed by atoms with Crippen LogP contribution in [0.2, 0.25) is 0 Å². The summed E-state index contributed by atoms with van der Waals surface area (Å²) in [5, 5.41) is 14.6. The van der Waals surface area contributed by atoms with E-state index in [0.29, 0.717) is 5.56 Å². The summed E-state index contributed by atoms with van der Waals surface area (Å²) in [7, 11) is 2.84. The minimum atomic E-state index is -2.70. The zero-order valence-electron chi connectivity index (χ0n) is 11.6. The molecule has 2 aromatic rings. The number of hydrogen-bond acceptors (Lipinski definition) is 9. The van der Waals surface area contributed by atoms with E-state index in [1.54, 1.807) is 6.07 Å². The summed E-state index contributed by atoms with van der Waals surface area (Å²) in [6.45, 7) is -2.70. The largest absolute Gasteiger partial charge is 0.337 e. The number of nitro groups is 1. The topological polar surface area (TPSA) is 101 Å². The molecule has 0 aliphatic carbocycles. The molecule has 1 aromatic carbocycles. The molecule has 1 aromatic heterocycles. The molecular formula is C11H12N3O5PS2. The summed E-state index contributed by atoms with van der Waals surface area (Å²) in [6, 6.07) is 5.90. The molecule has 118 valence electrons. The van der Waals surface area contributed by atoms with E-state index in [2.05, 4.69) is 22.8 Å². The van der Waals surface area contributed by atoms with Crippen LogP contribution in [0.15, 0.2) is 28.8 Å². The van der Waals surface area contributed by atoms with Gasteiger partial charge in [0.05, 0.1) is 4.92 Å². The average Bonchev–Trinajstić information content (AvgIpc) is 3.03. The van der Waals surface area contributed by atoms with Gasteiger partial charge in [0.2, 0.25) is 18.2 Å². The molecule has 0 saturated carbocycles. The van der Waals surface area contributed by atoms with E-state index in [-0.39, 0.29) is 17.4 Å². The minimum Gasteiger partial charge on any atom is -0.337 e. The minimum absolute atomic E-state index is 0.0647. The predicted octanol–water partition coefficient (Wildman–Crippen LogP) is 3.18. The lowest BCUT2D eigenvalue weighted by Crippen LogP contribution is -1.97. The second-order valence-electron chi connectivity index (χ2n) is 4.04. The summed E-state index contributed by atoms with van der Waals surface area (Å²) in [6.07, 6.45) is 0. The second kappa shape index (κ2) is 6.84. The molecule has 2 rings (SSSR count). The van der Waals surface area contributed by atoms with Crippen LogP contribution >= 0.6 is 19.1 Å². The second-order valence-corrected chi connectivity index (χ2v) is 8.82. The van der Waals surface area contributed by atoms with Gasteiger partial charge in [0.25, 0.3) is 5.69 Å². The summed E-state index contributed by atoms with van der Waals surface area (Å²) in [5.41, 5.74) is 0.387. The Morgan fingerprint density at radius 2 is 2.14 bits per heavy atom. The lowest BCUT2D eigenvalue weighted by molar-refractivity contribution is -0.384. The molecule has 0 fully saturated rings. The Labute approximate surface area is 136 Å². The Kier molecular flexibility index (Phi) is 5.30. The van der Waals surface area contributed by atoms with Crippen molar-refractivity contribution in [2.75, 3.05) is 14.2 Å². The molecule has 0 radical (unpaired) electrons. The summed E-state index contributed by atoms with van der Waals surface area (Å²) >= 11 is 9.59. The number of aromatic nitrogens is 2. The molecule has 0 spiro atoms. The molecule has 8 nitrogen and oxygen atoms in total. The maximum atomic E-state index is 10.8. The maximum Gasteiger partial charge on any atom is 0.270 e. The Morgan fingerprint density at radius 1 is 1.45 bits per heavy atom. The van der Waals surface area contributed by atoms with Crippen molar-refractivity contribution in [2.45, 2.75) is 4.99 Å². The van der Waals surface area contributed by atoms with Crippen molar-refractivity contribution in [1.29, 1.82) is 0 Å². The highest BCUT2D eigenvalue weighted by molar-refractivity contribution is 8.14. The molecule has 22 heavy (non-hydrogen) atoms. The van der Waals surface area contributed by atoms with Gasteiger partial charge in [-0.2, -0.15) is 17.6 Å². The highest BCUT2D eigenvalue weighted by atomic mass is 32.5. The smallest absolute Gasteiger partial charge is 0.270 e. The Hall–Kier alpha value is -1.32. The van der Waals surface area contributed by atoms with Crippen molar-refractivity contribution in [3.05, 3.63) is 40.3 Å². The number of benzene rings is 1. The van der Waals surface area contributed by atoms with Gasteiger partial charge in [-0.25, -0.2) is 0 Å². The monoisotopic (exact) mass is 361 g/mol. The van der Waals surface area contributed by atoms with Crippen LogP contribution in [-0.2, 0) is 20.9 Å². The first kappa shape index (κ1) is 17.0. The fourth-order valence-corrected chi connectivity index (χ4v) is 3.49. The molecule has 0 amide bonds. The molecule has 0 N–H and O–H groups in total. The number of non-ortho nitro benzene ring substituents is 1. The van der Waals surface area contributed by atoms with Crippen molar-refractivity contribution >= 4 is 36.6 Å². The summed E-state index contributed by atoms with van der Waals surface area (Å²) in [4.78, 5) is 13.8. The van der Waals surface area contributed by atoms with Gasteiger partial charge in [-0.1, -0.05) is 17.3 Å². The van der Waals surface area contributed by atoms with Crippen LogP contribution in [-0.4, -0.2) is 29.3 Å². The third-order valence-electron chi connectivity index (χ3n) is 2.79. The van der Waals surface area contributed by atoms with E-state index in [0.717, 1.165) is 0 Å². The first-order chi connectivity index (χ1) is 10.4. The fourth-order valence-electron chi connectivity index (χ4n) is 1.63. The quantitative estimate of drug-likeness (QED) is 0.362. The van der Waals surface area contributed by atoms with Crippen molar-refractivity contribution in [1.82, 2.24) is 10.1 Å². The SMILES string of the molecule is COP(=S)(OC)C(S)c1nc(-c2cccc([N+](=O)[O-])c2)no1. The van der Waals surface area contributed by atoms with E-state index in [9.17, 15) is 10.1 Å². The number of rotatable bonds is 6. The van der Waals surface area contributed by atoms with Crippen molar-refractivity contribution < 1.29 is 18.5 Å². The van der Waals surface area contributed by atoms with Gasteiger partial charge in [0.1, 0.15) is 0 Å². The molecule has 0 saturated heterocycles. The number of nitro benzene ring substituents is 1. The van der Waals surface area contributed by atoms with Gasteiger partial charge < -0.3 is 13.6 Å². The first-order valence-corrected chi connectivity index (χ1v) is 9.11. The van der Waals surface area contributed by atoms with E-state index in [1.807, 2.05) is 0 Å². The van der Waals surface area contributed by atoms with Gasteiger partial charge in [-0.05, 0) is 11.8 Å². The molecule has 0 aliphatic heterocycles. The lowest BCUT2D eigenvalue weighted by Gasteiger charge is -2.20. The molecule has 11 heteroatoms. The molecule has 0 aliphatic rings. The van der Waals surface area contributed by atoms with Crippen LogP contribution in [0, 0.1) is 10.1 Å². The highest BCUT2D eigenvalue weighted by Crippen LogP contribution is 2.61. The molecular weight excluding hydrogens is 349 g/mol. The standard InChI is InChI=1S/C11H12N3O5PS2/c1-17-20(22,18-2)11(21)10-12-9(13-19-10)7-4-3-5-8(6-7)14(15)16/h3-6,11,21H,1-2H3. The van der Waals surface area contributed by atoms with Gasteiger partial charge in [-0.3, -0.25) is 10.1 Å². The van der Waals surface area contributed by atoms with Gasteiger partial charge in [-0.15, -0.1) is 0 Å². The lowest BCUT2D eigenvalue weighted by atomic mass is 10.2. The zero-order chi connectivity index (χ0) is 16.3. The Morgan fingerprint density at radius 3 is 2.73 bits per heavy atom. The van der Waals surface area contributed by atoms with E-state index in [4.69, 9.17) is 25.4 Å². The van der Waals surface area contributed by atoms with E-state index < -0.39 is 16.4 Å². The first-order valence-electron chi connectivity index (χ1n) is 5.89. The maximum absolute atomic E-state index is 10.8. The van der Waals surface area contributed by atoms with Crippen molar-refractivity contribution in [3.63, 3.8) is 0 Å². The van der Waals surface area contributed by atoms with Gasteiger partial charge >= 0.3 is 0 Å². The van der Waals surface area contributed by atoms with Crippen LogP contribution in [0.3, 0.4) is 0 Å². The van der Waals surface area contributed by atoms with E-state index in [1.165, 1.54) is 32.4 Å². The highest BCUT2D eigenvalue weighted by Gasteiger charge is 2.32. The number of nitrogens with zero attached hydrogens (tertiary/aromatic N) is 3. The zero-order valence-corrected chi connectivity index (χ0v) is 14.2. The number of thiol groups is 1. The van der Waals surface area contributed by atoms with E-state index >= 15 is 0 Å². The van der Waals surface area contributed by atoms with Crippen molar-refractivity contribution in [2.24, 2.45) is 0 Å². The predicted molar refractivity (Wildman–Crippen MR) is 86.4 cm³/mol. The number of hydrogen-bond donors (Lipinski definition) is 1. The molecule has 1 unspecified atom stereocenters. The molecule has 1 atom stereocenters. The van der Waals surface area contributed by atoms with Gasteiger partial charge in [0, 0.05) is 31.9 Å². The fraction of sp³-hybridized carbons (Fsp3) is 0.273. The Bertz CT molecular complexity index is 730. The van der Waals surface area contributed by atoms with Gasteiger partial charge in [0.15, 0.2) is 4.99 Å². The molecule has 0 bridgehead atoms. The third kappa shape index (κ3) is 3.36.